The molecule has 2 aliphatic rings. The van der Waals surface area contributed by atoms with Crippen LogP contribution >= 0.6 is 0 Å². The van der Waals surface area contributed by atoms with Gasteiger partial charge in [0, 0.05) is 57.2 Å². The third-order valence-corrected chi connectivity index (χ3v) is 5.75. The highest BCUT2D eigenvalue weighted by molar-refractivity contribution is 6.01. The summed E-state index contributed by atoms with van der Waals surface area (Å²) in [7, 11) is 1.83. The molecule has 0 aromatic carbocycles. The van der Waals surface area contributed by atoms with Crippen LogP contribution in [-0.4, -0.2) is 78.9 Å². The zero-order chi connectivity index (χ0) is 23.5. The number of urea groups is 2. The lowest BCUT2D eigenvalue weighted by Crippen LogP contribution is -2.44. The van der Waals surface area contributed by atoms with Crippen LogP contribution in [0.4, 0.5) is 15.4 Å². The van der Waals surface area contributed by atoms with Crippen molar-refractivity contribution in [2.45, 2.75) is 18.9 Å². The summed E-state index contributed by atoms with van der Waals surface area (Å²) in [5, 5.41) is 6.81. The molecule has 34 heavy (non-hydrogen) atoms. The second-order valence-corrected chi connectivity index (χ2v) is 8.03. The molecule has 3 aromatic rings. The highest BCUT2D eigenvalue weighted by atomic mass is 16.5. The van der Waals surface area contributed by atoms with E-state index >= 15 is 0 Å². The van der Waals surface area contributed by atoms with E-state index in [2.05, 4.69) is 25.4 Å². The molecule has 2 saturated heterocycles. The maximum absolute atomic E-state index is 12.7. The Bertz CT molecular complexity index is 1180. The number of nitrogens with zero attached hydrogens (tertiary/aromatic N) is 7. The van der Waals surface area contributed by atoms with E-state index in [9.17, 15) is 9.59 Å². The SMILES string of the molecule is Cn1cc(-c2cc(Oc3ccc(NC(=O)N4CCN(C5CCOCC5)C4=O)nc3)ncn2)cn1. The molecule has 0 unspecified atom stereocenters. The lowest BCUT2D eigenvalue weighted by atomic mass is 10.1. The van der Waals surface area contributed by atoms with Gasteiger partial charge in [0.15, 0.2) is 0 Å². The third-order valence-electron chi connectivity index (χ3n) is 5.75. The Hall–Kier alpha value is -4.06. The quantitative estimate of drug-likeness (QED) is 0.610. The number of pyridine rings is 1. The fourth-order valence-electron chi connectivity index (χ4n) is 4.00. The second-order valence-electron chi connectivity index (χ2n) is 8.03. The number of carbonyl (C=O) groups is 2. The fourth-order valence-corrected chi connectivity index (χ4v) is 4.00. The zero-order valence-electron chi connectivity index (χ0n) is 18.6. The summed E-state index contributed by atoms with van der Waals surface area (Å²) in [6, 6.07) is 4.31. The summed E-state index contributed by atoms with van der Waals surface area (Å²) in [4.78, 5) is 40.9. The number of hydrogen-bond donors (Lipinski definition) is 1. The molecule has 0 bridgehead atoms. The smallest absolute Gasteiger partial charge is 0.331 e. The summed E-state index contributed by atoms with van der Waals surface area (Å²) in [5.41, 5.74) is 1.53. The van der Waals surface area contributed by atoms with Gasteiger partial charge in [0.25, 0.3) is 0 Å². The number of carbonyl (C=O) groups excluding carboxylic acids is 2. The number of aromatic nitrogens is 5. The Morgan fingerprint density at radius 1 is 1.15 bits per heavy atom. The molecule has 2 fully saturated rings. The molecular weight excluding hydrogens is 440 g/mol. The first-order valence-corrected chi connectivity index (χ1v) is 11.0. The van der Waals surface area contributed by atoms with Crippen molar-refractivity contribution in [2.75, 3.05) is 31.6 Å². The molecule has 0 spiro atoms. The van der Waals surface area contributed by atoms with Crippen molar-refractivity contribution in [2.24, 2.45) is 7.05 Å². The first-order valence-electron chi connectivity index (χ1n) is 11.0. The van der Waals surface area contributed by atoms with E-state index in [1.807, 2.05) is 13.2 Å². The summed E-state index contributed by atoms with van der Waals surface area (Å²) in [5.74, 6) is 1.11. The molecule has 5 rings (SSSR count). The topological polar surface area (TPSA) is 128 Å². The van der Waals surface area contributed by atoms with E-state index in [0.29, 0.717) is 49.4 Å². The van der Waals surface area contributed by atoms with Crippen LogP contribution in [0.1, 0.15) is 12.8 Å². The van der Waals surface area contributed by atoms with Crippen LogP contribution in [0.25, 0.3) is 11.3 Å². The molecule has 0 aliphatic carbocycles. The monoisotopic (exact) mass is 464 g/mol. The van der Waals surface area contributed by atoms with Gasteiger partial charge in [0.05, 0.1) is 18.1 Å². The Morgan fingerprint density at radius 2 is 2.00 bits per heavy atom. The molecule has 5 heterocycles. The van der Waals surface area contributed by atoms with Gasteiger partial charge in [-0.05, 0) is 25.0 Å². The first-order chi connectivity index (χ1) is 16.6. The average Bonchev–Trinajstić information content (AvgIpc) is 3.47. The van der Waals surface area contributed by atoms with E-state index in [4.69, 9.17) is 9.47 Å². The van der Waals surface area contributed by atoms with Gasteiger partial charge in [0.1, 0.15) is 17.9 Å². The number of ether oxygens (including phenoxy) is 2. The van der Waals surface area contributed by atoms with Crippen LogP contribution in [0.3, 0.4) is 0 Å². The molecule has 12 nitrogen and oxygen atoms in total. The number of anilines is 1. The molecule has 0 radical (unpaired) electrons. The minimum absolute atomic E-state index is 0.120. The van der Waals surface area contributed by atoms with Crippen molar-refractivity contribution in [1.82, 2.24) is 34.5 Å². The molecular formula is C22H24N8O4. The summed E-state index contributed by atoms with van der Waals surface area (Å²) >= 11 is 0. The van der Waals surface area contributed by atoms with E-state index < -0.39 is 6.03 Å². The molecule has 4 amide bonds. The molecule has 1 N–H and O–H groups in total. The van der Waals surface area contributed by atoms with E-state index in [0.717, 1.165) is 18.4 Å². The lowest BCUT2D eigenvalue weighted by molar-refractivity contribution is 0.0510. The summed E-state index contributed by atoms with van der Waals surface area (Å²) in [6.45, 7) is 2.14. The molecule has 0 atom stereocenters. The van der Waals surface area contributed by atoms with Gasteiger partial charge in [-0.25, -0.2) is 29.4 Å². The van der Waals surface area contributed by atoms with Crippen LogP contribution < -0.4 is 10.1 Å². The molecule has 0 saturated carbocycles. The number of rotatable bonds is 5. The van der Waals surface area contributed by atoms with Crippen LogP contribution in [0.15, 0.2) is 43.1 Å². The molecule has 12 heteroatoms. The van der Waals surface area contributed by atoms with E-state index in [1.54, 1.807) is 34.0 Å². The first kappa shape index (κ1) is 21.8. The number of hydrogen-bond acceptors (Lipinski definition) is 8. The van der Waals surface area contributed by atoms with Gasteiger partial charge in [-0.15, -0.1) is 0 Å². The minimum atomic E-state index is -0.502. The lowest BCUT2D eigenvalue weighted by Gasteiger charge is -2.30. The Labute approximate surface area is 195 Å². The summed E-state index contributed by atoms with van der Waals surface area (Å²) in [6.07, 6.45) is 8.02. The van der Waals surface area contributed by atoms with Gasteiger partial charge in [-0.1, -0.05) is 0 Å². The predicted molar refractivity (Wildman–Crippen MR) is 120 cm³/mol. The van der Waals surface area contributed by atoms with Gasteiger partial charge in [-0.3, -0.25) is 10.00 Å². The van der Waals surface area contributed by atoms with Gasteiger partial charge in [0.2, 0.25) is 5.88 Å². The molecule has 3 aromatic heterocycles. The Balaban J connectivity index is 1.19. The summed E-state index contributed by atoms with van der Waals surface area (Å²) < 4.78 is 12.8. The van der Waals surface area contributed by atoms with Crippen molar-refractivity contribution < 1.29 is 19.1 Å². The van der Waals surface area contributed by atoms with Crippen molar-refractivity contribution in [3.63, 3.8) is 0 Å². The highest BCUT2D eigenvalue weighted by Crippen LogP contribution is 2.24. The molecule has 176 valence electrons. The highest BCUT2D eigenvalue weighted by Gasteiger charge is 2.37. The van der Waals surface area contributed by atoms with E-state index in [-0.39, 0.29) is 12.1 Å². The zero-order valence-corrected chi connectivity index (χ0v) is 18.6. The maximum Gasteiger partial charge on any atom is 0.331 e. The maximum atomic E-state index is 12.7. The third kappa shape index (κ3) is 4.66. The number of amides is 4. The largest absolute Gasteiger partial charge is 0.437 e. The van der Waals surface area contributed by atoms with Crippen molar-refractivity contribution in [3.05, 3.63) is 43.1 Å². The van der Waals surface area contributed by atoms with Crippen LogP contribution in [0, 0.1) is 0 Å². The molecule has 2 aliphatic heterocycles. The van der Waals surface area contributed by atoms with Crippen LogP contribution in [-0.2, 0) is 11.8 Å². The van der Waals surface area contributed by atoms with Crippen molar-refractivity contribution in [1.29, 1.82) is 0 Å². The van der Waals surface area contributed by atoms with Gasteiger partial charge < -0.3 is 14.4 Å². The van der Waals surface area contributed by atoms with Crippen molar-refractivity contribution in [3.8, 4) is 22.9 Å². The average molecular weight is 464 g/mol. The van der Waals surface area contributed by atoms with E-state index in [1.165, 1.54) is 17.4 Å². The minimum Gasteiger partial charge on any atom is -0.437 e. The Morgan fingerprint density at radius 3 is 2.74 bits per heavy atom. The second kappa shape index (κ2) is 9.43. The number of nitrogens with one attached hydrogen (secondary N) is 1. The number of imide groups is 1. The van der Waals surface area contributed by atoms with Gasteiger partial charge >= 0.3 is 12.1 Å². The predicted octanol–water partition coefficient (Wildman–Crippen LogP) is 2.51. The van der Waals surface area contributed by atoms with Crippen LogP contribution in [0.5, 0.6) is 11.6 Å². The van der Waals surface area contributed by atoms with Gasteiger partial charge in [-0.2, -0.15) is 5.10 Å². The standard InChI is InChI=1S/C22H24N8O4/c1-28-13-15(11-26-28)18-10-20(25-14-24-18)34-17-2-3-19(23-12-17)27-21(31)30-7-6-29(22(30)32)16-4-8-33-9-5-16/h2-3,10-14,16H,4-9H2,1H3,(H,23,27,31). The van der Waals surface area contributed by atoms with Crippen molar-refractivity contribution >= 4 is 17.9 Å². The normalized spacial score (nSPS) is 16.7. The Kier molecular flexibility index (Phi) is 6.04. The number of aryl methyl sites for hydroxylation is 1. The fraction of sp³-hybridized carbons (Fsp3) is 0.364. The van der Waals surface area contributed by atoms with Crippen LogP contribution in [0.2, 0.25) is 0 Å².